The van der Waals surface area contributed by atoms with Crippen LogP contribution in [0.4, 0.5) is 10.7 Å². The number of hydrogen-bond acceptors (Lipinski definition) is 6. The first-order valence-corrected chi connectivity index (χ1v) is 6.70. The first-order valence-electron chi connectivity index (χ1n) is 6.70. The minimum Gasteiger partial charge on any atom is -0.481 e. The number of urea groups is 1. The Labute approximate surface area is 122 Å². The number of aryl methyl sites for hydroxylation is 1. The van der Waals surface area contributed by atoms with Crippen LogP contribution in [0.2, 0.25) is 0 Å². The first kappa shape index (κ1) is 13.6. The van der Waals surface area contributed by atoms with E-state index in [0.29, 0.717) is 31.3 Å². The summed E-state index contributed by atoms with van der Waals surface area (Å²) in [6.07, 6.45) is 0.543. The zero-order valence-corrected chi connectivity index (χ0v) is 12.2. The molecule has 2 aliphatic heterocycles. The molecular formula is C13H17N5O3. The van der Waals surface area contributed by atoms with Crippen LogP contribution in [0.3, 0.4) is 0 Å². The van der Waals surface area contributed by atoms with E-state index in [1.54, 1.807) is 13.2 Å². The van der Waals surface area contributed by atoms with Gasteiger partial charge in [0.2, 0.25) is 11.8 Å². The van der Waals surface area contributed by atoms with Crippen molar-refractivity contribution in [2.45, 2.75) is 18.9 Å². The molecule has 2 aliphatic rings. The average molecular weight is 291 g/mol. The zero-order chi connectivity index (χ0) is 15.2. The molecule has 1 unspecified atom stereocenters. The summed E-state index contributed by atoms with van der Waals surface area (Å²) in [5, 5.41) is 2.78. The van der Waals surface area contributed by atoms with E-state index in [-0.39, 0.29) is 11.9 Å². The fraction of sp³-hybridized carbons (Fsp3) is 0.538. The highest BCUT2D eigenvalue weighted by Gasteiger charge is 2.54. The molecule has 0 bridgehead atoms. The highest BCUT2D eigenvalue weighted by atomic mass is 16.5. The number of amides is 3. The number of imide groups is 1. The Morgan fingerprint density at radius 2 is 2.14 bits per heavy atom. The predicted octanol–water partition coefficient (Wildman–Crippen LogP) is -0.0759. The Bertz CT molecular complexity index is 620. The van der Waals surface area contributed by atoms with Crippen molar-refractivity contribution >= 4 is 17.9 Å². The van der Waals surface area contributed by atoms with E-state index in [1.807, 2.05) is 11.8 Å². The Hall–Kier alpha value is -2.38. The molecule has 112 valence electrons. The Balaban J connectivity index is 1.86. The molecule has 0 saturated carbocycles. The van der Waals surface area contributed by atoms with Gasteiger partial charge >= 0.3 is 6.03 Å². The van der Waals surface area contributed by atoms with Crippen molar-refractivity contribution in [2.24, 2.45) is 0 Å². The molecule has 1 N–H and O–H groups in total. The van der Waals surface area contributed by atoms with Crippen LogP contribution in [0.1, 0.15) is 12.1 Å². The largest absolute Gasteiger partial charge is 0.481 e. The van der Waals surface area contributed by atoms with E-state index in [4.69, 9.17) is 4.74 Å². The molecule has 0 aliphatic carbocycles. The summed E-state index contributed by atoms with van der Waals surface area (Å²) in [6.45, 7) is 2.83. The van der Waals surface area contributed by atoms with Crippen LogP contribution < -0.4 is 15.0 Å². The Morgan fingerprint density at radius 1 is 1.38 bits per heavy atom. The molecule has 1 spiro atoms. The van der Waals surface area contributed by atoms with Crippen LogP contribution in [0, 0.1) is 6.92 Å². The van der Waals surface area contributed by atoms with Crippen molar-refractivity contribution in [3.05, 3.63) is 11.8 Å². The molecule has 0 radical (unpaired) electrons. The van der Waals surface area contributed by atoms with Gasteiger partial charge in [-0.2, -0.15) is 4.98 Å². The quantitative estimate of drug-likeness (QED) is 0.767. The minimum atomic E-state index is -0.855. The fourth-order valence-corrected chi connectivity index (χ4v) is 2.78. The van der Waals surface area contributed by atoms with Crippen molar-refractivity contribution in [3.8, 4) is 5.88 Å². The lowest BCUT2D eigenvalue weighted by atomic mass is 9.99. The van der Waals surface area contributed by atoms with Crippen molar-refractivity contribution in [1.29, 1.82) is 0 Å². The van der Waals surface area contributed by atoms with Gasteiger partial charge in [-0.3, -0.25) is 9.69 Å². The zero-order valence-electron chi connectivity index (χ0n) is 12.2. The number of rotatable bonds is 2. The topological polar surface area (TPSA) is 87.7 Å². The second kappa shape index (κ2) is 4.57. The number of ether oxygens (including phenoxy) is 1. The number of aromatic nitrogens is 2. The summed E-state index contributed by atoms with van der Waals surface area (Å²) in [7, 11) is 3.04. The predicted molar refractivity (Wildman–Crippen MR) is 74.2 cm³/mol. The number of methoxy groups -OCH3 is 1. The minimum absolute atomic E-state index is 0.199. The van der Waals surface area contributed by atoms with Crippen LogP contribution in [0.15, 0.2) is 6.07 Å². The molecule has 8 nitrogen and oxygen atoms in total. The SMILES string of the molecule is COc1cc(C)nc(N2CCC3(C2)NC(=O)N(C)C3=O)n1. The molecule has 8 heteroatoms. The van der Waals surface area contributed by atoms with Gasteiger partial charge in [-0.1, -0.05) is 0 Å². The van der Waals surface area contributed by atoms with Gasteiger partial charge in [-0.15, -0.1) is 0 Å². The van der Waals surface area contributed by atoms with E-state index < -0.39 is 5.54 Å². The van der Waals surface area contributed by atoms with Gasteiger partial charge in [0.1, 0.15) is 5.54 Å². The molecule has 1 atom stereocenters. The highest BCUT2D eigenvalue weighted by molar-refractivity contribution is 6.07. The maximum absolute atomic E-state index is 12.3. The smallest absolute Gasteiger partial charge is 0.324 e. The number of hydrogen-bond donors (Lipinski definition) is 1. The number of nitrogens with zero attached hydrogens (tertiary/aromatic N) is 4. The van der Waals surface area contributed by atoms with E-state index in [0.717, 1.165) is 10.6 Å². The summed E-state index contributed by atoms with van der Waals surface area (Å²) in [4.78, 5) is 35.6. The third-order valence-electron chi connectivity index (χ3n) is 3.95. The van der Waals surface area contributed by atoms with Crippen molar-refractivity contribution < 1.29 is 14.3 Å². The molecule has 2 fully saturated rings. The molecule has 2 saturated heterocycles. The average Bonchev–Trinajstić information content (AvgIpc) is 2.97. The van der Waals surface area contributed by atoms with Gasteiger partial charge in [-0.05, 0) is 13.3 Å². The molecule has 3 rings (SSSR count). The lowest BCUT2D eigenvalue weighted by molar-refractivity contribution is -0.129. The highest BCUT2D eigenvalue weighted by Crippen LogP contribution is 2.30. The first-order chi connectivity index (χ1) is 9.95. The third-order valence-corrected chi connectivity index (χ3v) is 3.95. The van der Waals surface area contributed by atoms with E-state index in [9.17, 15) is 9.59 Å². The lowest BCUT2D eigenvalue weighted by Gasteiger charge is -2.21. The summed E-state index contributed by atoms with van der Waals surface area (Å²) in [5.74, 6) is 0.798. The van der Waals surface area contributed by atoms with Crippen LogP contribution in [-0.4, -0.2) is 59.6 Å². The summed E-state index contributed by atoms with van der Waals surface area (Å²) in [5.41, 5.74) is -0.0664. The van der Waals surface area contributed by atoms with Gasteiger partial charge in [0.15, 0.2) is 0 Å². The number of anilines is 1. The van der Waals surface area contributed by atoms with Gasteiger partial charge < -0.3 is 15.0 Å². The standard InChI is InChI=1S/C13H17N5O3/c1-8-6-9(21-3)15-11(14-8)18-5-4-13(7-18)10(19)17(2)12(20)16-13/h6H,4-5,7H2,1-3H3,(H,16,20). The monoisotopic (exact) mass is 291 g/mol. The fourth-order valence-electron chi connectivity index (χ4n) is 2.78. The van der Waals surface area contributed by atoms with Crippen molar-refractivity contribution in [3.63, 3.8) is 0 Å². The maximum Gasteiger partial charge on any atom is 0.324 e. The van der Waals surface area contributed by atoms with Gasteiger partial charge in [-0.25, -0.2) is 9.78 Å². The van der Waals surface area contributed by atoms with Crippen LogP contribution in [0.25, 0.3) is 0 Å². The number of carbonyl (C=O) groups is 2. The maximum atomic E-state index is 12.3. The molecule has 1 aromatic rings. The van der Waals surface area contributed by atoms with Gasteiger partial charge in [0.05, 0.1) is 13.7 Å². The molecule has 1 aromatic heterocycles. The normalized spacial score (nSPS) is 24.9. The van der Waals surface area contributed by atoms with Crippen LogP contribution in [-0.2, 0) is 4.79 Å². The summed E-state index contributed by atoms with van der Waals surface area (Å²) >= 11 is 0. The van der Waals surface area contributed by atoms with Crippen LogP contribution >= 0.6 is 0 Å². The molecular weight excluding hydrogens is 274 g/mol. The Kier molecular flexibility index (Phi) is 2.96. The number of carbonyl (C=O) groups excluding carboxylic acids is 2. The van der Waals surface area contributed by atoms with E-state index >= 15 is 0 Å². The van der Waals surface area contributed by atoms with E-state index in [1.165, 1.54) is 7.05 Å². The molecule has 21 heavy (non-hydrogen) atoms. The van der Waals surface area contributed by atoms with Crippen molar-refractivity contribution in [1.82, 2.24) is 20.2 Å². The van der Waals surface area contributed by atoms with Crippen LogP contribution in [0.5, 0.6) is 5.88 Å². The number of nitrogens with one attached hydrogen (secondary N) is 1. The van der Waals surface area contributed by atoms with E-state index in [2.05, 4.69) is 15.3 Å². The lowest BCUT2D eigenvalue weighted by Crippen LogP contribution is -2.49. The third kappa shape index (κ3) is 2.07. The molecule has 0 aromatic carbocycles. The summed E-state index contributed by atoms with van der Waals surface area (Å²) < 4.78 is 5.14. The molecule has 3 heterocycles. The van der Waals surface area contributed by atoms with Gasteiger partial charge in [0, 0.05) is 25.4 Å². The second-order valence-electron chi connectivity index (χ2n) is 5.40. The van der Waals surface area contributed by atoms with Gasteiger partial charge in [0.25, 0.3) is 5.91 Å². The summed E-state index contributed by atoms with van der Waals surface area (Å²) in [6, 6.07) is 1.38. The Morgan fingerprint density at radius 3 is 2.76 bits per heavy atom. The second-order valence-corrected chi connectivity index (χ2v) is 5.40. The van der Waals surface area contributed by atoms with Crippen molar-refractivity contribution in [2.75, 3.05) is 32.1 Å². The molecule has 3 amide bonds. The number of likely N-dealkylation sites (N-methyl/N-ethyl adjacent to an activating group) is 1.